The van der Waals surface area contributed by atoms with Crippen molar-refractivity contribution in [2.45, 2.75) is 33.4 Å². The Morgan fingerprint density at radius 1 is 1.23 bits per heavy atom. The number of thiazole rings is 1. The average molecular weight is 457 g/mol. The lowest BCUT2D eigenvalue weighted by Gasteiger charge is -2.14. The predicted molar refractivity (Wildman–Crippen MR) is 125 cm³/mol. The standard InChI is InChI=1S/C23H24N2O4S2/c1-4-29-22(27)13-21-25(14-20(26)24-16(3)17-8-6-5-7-9-17)23(28)19(31-21)12-18-15(2)10-11-30-18/h5-13,16H,4,14H2,1-3H3,(H,24,26)/b19-12+,21-13+. The maximum atomic E-state index is 13.1. The van der Waals surface area contributed by atoms with Gasteiger partial charge in [0.05, 0.1) is 23.3 Å². The molecule has 0 aliphatic rings. The van der Waals surface area contributed by atoms with Crippen molar-refractivity contribution in [3.05, 3.63) is 77.3 Å². The van der Waals surface area contributed by atoms with E-state index in [2.05, 4.69) is 5.32 Å². The minimum Gasteiger partial charge on any atom is -0.463 e. The number of thiophene rings is 1. The molecule has 0 saturated carbocycles. The molecule has 1 unspecified atom stereocenters. The van der Waals surface area contributed by atoms with Crippen molar-refractivity contribution >= 4 is 46.7 Å². The van der Waals surface area contributed by atoms with E-state index in [0.717, 1.165) is 16.0 Å². The van der Waals surface area contributed by atoms with E-state index >= 15 is 0 Å². The van der Waals surface area contributed by atoms with Gasteiger partial charge in [-0.1, -0.05) is 30.3 Å². The molecule has 0 aliphatic heterocycles. The van der Waals surface area contributed by atoms with Gasteiger partial charge in [0.25, 0.3) is 5.56 Å². The zero-order valence-electron chi connectivity index (χ0n) is 17.6. The third-order valence-corrected chi connectivity index (χ3v) is 6.63. The van der Waals surface area contributed by atoms with Crippen molar-refractivity contribution in [3.63, 3.8) is 0 Å². The van der Waals surface area contributed by atoms with Crippen LogP contribution in [0.4, 0.5) is 0 Å². The summed E-state index contributed by atoms with van der Waals surface area (Å²) in [5.41, 5.74) is 1.72. The lowest BCUT2D eigenvalue weighted by molar-refractivity contribution is -0.135. The van der Waals surface area contributed by atoms with Crippen molar-refractivity contribution in [2.75, 3.05) is 6.61 Å². The molecule has 3 rings (SSSR count). The second kappa shape index (κ2) is 10.4. The number of esters is 1. The fourth-order valence-electron chi connectivity index (χ4n) is 2.98. The van der Waals surface area contributed by atoms with Gasteiger partial charge in [-0.3, -0.25) is 14.2 Å². The van der Waals surface area contributed by atoms with Crippen LogP contribution in [-0.4, -0.2) is 23.1 Å². The minimum absolute atomic E-state index is 0.186. The molecule has 1 atom stereocenters. The first-order chi connectivity index (χ1) is 14.9. The summed E-state index contributed by atoms with van der Waals surface area (Å²) in [5, 5.41) is 4.87. The van der Waals surface area contributed by atoms with E-state index in [1.54, 1.807) is 13.0 Å². The fourth-order valence-corrected chi connectivity index (χ4v) is 4.93. The number of carbonyl (C=O) groups excluding carboxylic acids is 2. The summed E-state index contributed by atoms with van der Waals surface area (Å²) in [5.74, 6) is -0.858. The minimum atomic E-state index is -0.547. The Balaban J connectivity index is 1.95. The monoisotopic (exact) mass is 456 g/mol. The summed E-state index contributed by atoms with van der Waals surface area (Å²) in [6.45, 7) is 5.61. The topological polar surface area (TPSA) is 77.4 Å². The Morgan fingerprint density at radius 3 is 2.61 bits per heavy atom. The zero-order chi connectivity index (χ0) is 22.4. The Morgan fingerprint density at radius 2 is 1.97 bits per heavy atom. The molecule has 0 fully saturated rings. The van der Waals surface area contributed by atoms with Crippen LogP contribution < -0.4 is 20.1 Å². The van der Waals surface area contributed by atoms with Gasteiger partial charge in [0, 0.05) is 4.88 Å². The van der Waals surface area contributed by atoms with Crippen LogP contribution in [0.1, 0.15) is 35.9 Å². The lowest BCUT2D eigenvalue weighted by atomic mass is 10.1. The Bertz CT molecular complexity index is 1240. The first kappa shape index (κ1) is 22.7. The highest BCUT2D eigenvalue weighted by Crippen LogP contribution is 2.15. The number of amides is 1. The van der Waals surface area contributed by atoms with Crippen molar-refractivity contribution in [1.82, 2.24) is 9.88 Å². The van der Waals surface area contributed by atoms with Gasteiger partial charge in [-0.25, -0.2) is 4.79 Å². The van der Waals surface area contributed by atoms with E-state index in [4.69, 9.17) is 4.74 Å². The smallest absolute Gasteiger partial charge is 0.333 e. The Labute approximate surface area is 188 Å². The molecular weight excluding hydrogens is 432 g/mol. The van der Waals surface area contributed by atoms with E-state index in [9.17, 15) is 14.4 Å². The number of hydrogen-bond donors (Lipinski definition) is 1. The van der Waals surface area contributed by atoms with Crippen LogP contribution in [0.5, 0.6) is 0 Å². The predicted octanol–water partition coefficient (Wildman–Crippen LogP) is 2.33. The quantitative estimate of drug-likeness (QED) is 0.554. The highest BCUT2D eigenvalue weighted by Gasteiger charge is 2.14. The molecule has 6 nitrogen and oxygen atoms in total. The largest absolute Gasteiger partial charge is 0.463 e. The van der Waals surface area contributed by atoms with Crippen molar-refractivity contribution in [3.8, 4) is 0 Å². The highest BCUT2D eigenvalue weighted by molar-refractivity contribution is 7.11. The van der Waals surface area contributed by atoms with Gasteiger partial charge in [0.15, 0.2) is 0 Å². The number of rotatable bonds is 7. The second-order valence-corrected chi connectivity index (χ2v) is 8.91. The highest BCUT2D eigenvalue weighted by atomic mass is 32.1. The van der Waals surface area contributed by atoms with Gasteiger partial charge in [-0.05, 0) is 49.4 Å². The molecule has 0 saturated heterocycles. The van der Waals surface area contributed by atoms with Gasteiger partial charge in [-0.15, -0.1) is 22.7 Å². The molecule has 0 bridgehead atoms. The first-order valence-electron chi connectivity index (χ1n) is 9.87. The van der Waals surface area contributed by atoms with Gasteiger partial charge in [0.2, 0.25) is 5.91 Å². The molecule has 0 spiro atoms. The third-order valence-electron chi connectivity index (χ3n) is 4.61. The summed E-state index contributed by atoms with van der Waals surface area (Å²) >= 11 is 2.70. The van der Waals surface area contributed by atoms with Crippen LogP contribution in [0, 0.1) is 6.92 Å². The molecule has 1 N–H and O–H groups in total. The SMILES string of the molecule is CCOC(=O)/C=c1/s/c(=C/c2sccc2C)c(=O)n1CC(=O)NC(C)c1ccccc1. The molecule has 2 aromatic heterocycles. The number of aryl methyl sites for hydroxylation is 1. The van der Waals surface area contributed by atoms with Gasteiger partial charge in [-0.2, -0.15) is 0 Å². The maximum Gasteiger partial charge on any atom is 0.333 e. The Hall–Kier alpha value is -2.97. The number of aromatic nitrogens is 1. The number of nitrogens with zero attached hydrogens (tertiary/aromatic N) is 1. The first-order valence-corrected chi connectivity index (χ1v) is 11.6. The summed E-state index contributed by atoms with van der Waals surface area (Å²) in [4.78, 5) is 38.7. The van der Waals surface area contributed by atoms with E-state index in [-0.39, 0.29) is 30.7 Å². The summed E-state index contributed by atoms with van der Waals surface area (Å²) in [6, 6.07) is 11.3. The van der Waals surface area contributed by atoms with Gasteiger partial charge >= 0.3 is 5.97 Å². The normalized spacial score (nSPS) is 13.3. The van der Waals surface area contributed by atoms with Crippen LogP contribution in [0.15, 0.2) is 46.6 Å². The number of nitrogens with one attached hydrogen (secondary N) is 1. The molecule has 8 heteroatoms. The zero-order valence-corrected chi connectivity index (χ0v) is 19.2. The third kappa shape index (κ3) is 5.80. The average Bonchev–Trinajstić information content (AvgIpc) is 3.27. The number of carbonyl (C=O) groups is 2. The second-order valence-electron chi connectivity index (χ2n) is 6.90. The summed E-state index contributed by atoms with van der Waals surface area (Å²) in [6.07, 6.45) is 3.07. The lowest BCUT2D eigenvalue weighted by Crippen LogP contribution is -2.39. The van der Waals surface area contributed by atoms with Gasteiger partial charge in [0.1, 0.15) is 11.2 Å². The van der Waals surface area contributed by atoms with E-state index < -0.39 is 5.97 Å². The van der Waals surface area contributed by atoms with Gasteiger partial charge < -0.3 is 10.1 Å². The molecule has 3 aromatic rings. The van der Waals surface area contributed by atoms with Crippen LogP contribution in [0.3, 0.4) is 0 Å². The molecule has 0 radical (unpaired) electrons. The van der Waals surface area contributed by atoms with Crippen LogP contribution in [0.2, 0.25) is 0 Å². The molecule has 1 amide bonds. The van der Waals surface area contributed by atoms with Crippen LogP contribution in [-0.2, 0) is 20.9 Å². The number of hydrogen-bond acceptors (Lipinski definition) is 6. The number of benzene rings is 1. The summed E-state index contributed by atoms with van der Waals surface area (Å²) < 4.78 is 7.16. The van der Waals surface area contributed by atoms with Crippen molar-refractivity contribution in [2.24, 2.45) is 0 Å². The molecular formula is C23H24N2O4S2. The molecule has 2 heterocycles. The van der Waals surface area contributed by atoms with Crippen LogP contribution in [0.25, 0.3) is 12.2 Å². The van der Waals surface area contributed by atoms with Crippen LogP contribution >= 0.6 is 22.7 Å². The van der Waals surface area contributed by atoms with E-state index in [1.807, 2.05) is 55.6 Å². The van der Waals surface area contributed by atoms with E-state index in [0.29, 0.717) is 9.20 Å². The number of ether oxygens (including phenoxy) is 1. The Kier molecular flexibility index (Phi) is 7.59. The van der Waals surface area contributed by atoms with Crippen molar-refractivity contribution < 1.29 is 14.3 Å². The fraction of sp³-hybridized carbons (Fsp3) is 0.261. The maximum absolute atomic E-state index is 13.1. The molecule has 31 heavy (non-hydrogen) atoms. The molecule has 0 aliphatic carbocycles. The van der Waals surface area contributed by atoms with Crippen molar-refractivity contribution in [1.29, 1.82) is 0 Å². The molecule has 1 aromatic carbocycles. The summed E-state index contributed by atoms with van der Waals surface area (Å²) in [7, 11) is 0. The van der Waals surface area contributed by atoms with E-state index in [1.165, 1.54) is 33.3 Å². The molecule has 162 valence electrons.